The van der Waals surface area contributed by atoms with E-state index >= 15 is 0 Å². The molecule has 110 valence electrons. The molecule has 3 N–H and O–H groups in total. The number of rotatable bonds is 4. The molecule has 5 heteroatoms. The van der Waals surface area contributed by atoms with Crippen molar-refractivity contribution in [1.29, 1.82) is 0 Å². The third-order valence-electron chi connectivity index (χ3n) is 3.20. The van der Waals surface area contributed by atoms with Gasteiger partial charge in [-0.3, -0.25) is 10.4 Å². The van der Waals surface area contributed by atoms with E-state index in [1.807, 2.05) is 60.7 Å². The van der Waals surface area contributed by atoms with E-state index in [9.17, 15) is 4.79 Å². The molecular weight excluding hydrogens is 276 g/mol. The molecule has 0 radical (unpaired) electrons. The van der Waals surface area contributed by atoms with E-state index in [4.69, 9.17) is 0 Å². The number of urea groups is 1. The van der Waals surface area contributed by atoms with Gasteiger partial charge in [0.2, 0.25) is 0 Å². The van der Waals surface area contributed by atoms with Crippen molar-refractivity contribution in [1.82, 2.24) is 15.5 Å². The second kappa shape index (κ2) is 6.58. The van der Waals surface area contributed by atoms with Gasteiger partial charge >= 0.3 is 6.03 Å². The van der Waals surface area contributed by atoms with Gasteiger partial charge in [0, 0.05) is 12.6 Å². The Kier molecular flexibility index (Phi) is 4.15. The molecule has 5 nitrogen and oxygen atoms in total. The number of nitrogens with zero attached hydrogens (tertiary/aromatic N) is 1. The molecule has 0 fully saturated rings. The number of anilines is 1. The molecule has 0 aliphatic carbocycles. The van der Waals surface area contributed by atoms with Crippen LogP contribution in [0.5, 0.6) is 0 Å². The summed E-state index contributed by atoms with van der Waals surface area (Å²) in [4.78, 5) is 11.9. The van der Waals surface area contributed by atoms with Crippen LogP contribution < -0.4 is 10.6 Å². The van der Waals surface area contributed by atoms with Crippen LogP contribution in [0, 0.1) is 0 Å². The third-order valence-corrected chi connectivity index (χ3v) is 3.20. The summed E-state index contributed by atoms with van der Waals surface area (Å²) in [7, 11) is 0. The topological polar surface area (TPSA) is 69.8 Å². The SMILES string of the molecule is O=C(NCc1ccccc1)Nc1cc(-c2ccccc2)[nH]n1. The minimum absolute atomic E-state index is 0.282. The van der Waals surface area contributed by atoms with Gasteiger partial charge in [-0.15, -0.1) is 0 Å². The Morgan fingerprint density at radius 3 is 2.41 bits per heavy atom. The number of carbonyl (C=O) groups is 1. The number of amides is 2. The van der Waals surface area contributed by atoms with E-state index in [1.54, 1.807) is 6.07 Å². The molecular formula is C17H16N4O. The second-order valence-corrected chi connectivity index (χ2v) is 4.83. The number of nitrogens with one attached hydrogen (secondary N) is 3. The zero-order valence-corrected chi connectivity index (χ0v) is 11.9. The highest BCUT2D eigenvalue weighted by molar-refractivity contribution is 5.88. The summed E-state index contributed by atoms with van der Waals surface area (Å²) in [5, 5.41) is 12.5. The fourth-order valence-electron chi connectivity index (χ4n) is 2.09. The molecule has 0 aliphatic rings. The van der Waals surface area contributed by atoms with Crippen molar-refractivity contribution in [2.24, 2.45) is 0 Å². The first kappa shape index (κ1) is 13.9. The Hall–Kier alpha value is -3.08. The van der Waals surface area contributed by atoms with Gasteiger partial charge in [-0.05, 0) is 11.1 Å². The summed E-state index contributed by atoms with van der Waals surface area (Å²) in [6.45, 7) is 0.475. The summed E-state index contributed by atoms with van der Waals surface area (Å²) in [6, 6.07) is 21.1. The molecule has 0 unspecified atom stereocenters. The maximum absolute atomic E-state index is 11.9. The van der Waals surface area contributed by atoms with Crippen molar-refractivity contribution in [2.45, 2.75) is 6.54 Å². The normalized spacial score (nSPS) is 10.2. The van der Waals surface area contributed by atoms with Crippen LogP contribution >= 0.6 is 0 Å². The molecule has 0 bridgehead atoms. The Morgan fingerprint density at radius 2 is 1.68 bits per heavy atom. The number of H-pyrrole nitrogens is 1. The van der Waals surface area contributed by atoms with Gasteiger partial charge in [-0.25, -0.2) is 4.79 Å². The highest BCUT2D eigenvalue weighted by Gasteiger charge is 2.06. The molecule has 0 saturated carbocycles. The molecule has 2 amide bonds. The number of carbonyl (C=O) groups excluding carboxylic acids is 1. The monoisotopic (exact) mass is 292 g/mol. The van der Waals surface area contributed by atoms with E-state index in [0.29, 0.717) is 12.4 Å². The van der Waals surface area contributed by atoms with E-state index in [0.717, 1.165) is 16.8 Å². The standard InChI is InChI=1S/C17H16N4O/c22-17(18-12-13-7-3-1-4-8-13)19-16-11-15(20-21-16)14-9-5-2-6-10-14/h1-11H,12H2,(H3,18,19,20,21,22). The Balaban J connectivity index is 1.57. The van der Waals surface area contributed by atoms with Crippen molar-refractivity contribution in [3.63, 3.8) is 0 Å². The smallest absolute Gasteiger partial charge is 0.320 e. The lowest BCUT2D eigenvalue weighted by Gasteiger charge is -2.05. The number of hydrogen-bond acceptors (Lipinski definition) is 2. The first-order chi connectivity index (χ1) is 10.8. The molecule has 22 heavy (non-hydrogen) atoms. The van der Waals surface area contributed by atoms with Crippen molar-refractivity contribution in [3.8, 4) is 11.3 Å². The quantitative estimate of drug-likeness (QED) is 0.689. The second-order valence-electron chi connectivity index (χ2n) is 4.83. The number of aromatic nitrogens is 2. The minimum atomic E-state index is -0.282. The van der Waals surface area contributed by atoms with Crippen molar-refractivity contribution >= 4 is 11.8 Å². The Morgan fingerprint density at radius 1 is 1.00 bits per heavy atom. The van der Waals surface area contributed by atoms with Crippen LogP contribution in [0.4, 0.5) is 10.6 Å². The molecule has 0 atom stereocenters. The molecule has 1 aromatic heterocycles. The van der Waals surface area contributed by atoms with Gasteiger partial charge in [0.25, 0.3) is 0 Å². The van der Waals surface area contributed by atoms with Gasteiger partial charge in [-0.1, -0.05) is 60.7 Å². The molecule has 1 heterocycles. The Bertz CT molecular complexity index is 738. The van der Waals surface area contributed by atoms with Gasteiger partial charge in [0.1, 0.15) is 0 Å². The van der Waals surface area contributed by atoms with Crippen LogP contribution in [-0.2, 0) is 6.54 Å². The average molecular weight is 292 g/mol. The Labute approximate surface area is 128 Å². The first-order valence-electron chi connectivity index (χ1n) is 7.01. The van der Waals surface area contributed by atoms with Crippen molar-refractivity contribution < 1.29 is 4.79 Å². The fourth-order valence-corrected chi connectivity index (χ4v) is 2.09. The third kappa shape index (κ3) is 3.52. The van der Waals surface area contributed by atoms with E-state index < -0.39 is 0 Å². The molecule has 0 spiro atoms. The summed E-state index contributed by atoms with van der Waals surface area (Å²) >= 11 is 0. The van der Waals surface area contributed by atoms with Crippen LogP contribution in [0.1, 0.15) is 5.56 Å². The van der Waals surface area contributed by atoms with Crippen LogP contribution in [0.2, 0.25) is 0 Å². The van der Waals surface area contributed by atoms with Crippen LogP contribution in [0.15, 0.2) is 66.7 Å². The van der Waals surface area contributed by atoms with Gasteiger partial charge in [0.05, 0.1) is 5.69 Å². The number of aromatic amines is 1. The van der Waals surface area contributed by atoms with Crippen LogP contribution in [0.3, 0.4) is 0 Å². The summed E-state index contributed by atoms with van der Waals surface area (Å²) in [5.74, 6) is 0.490. The summed E-state index contributed by atoms with van der Waals surface area (Å²) in [5.41, 5.74) is 2.93. The highest BCUT2D eigenvalue weighted by atomic mass is 16.2. The average Bonchev–Trinajstić information content (AvgIpc) is 3.03. The number of hydrogen-bond donors (Lipinski definition) is 3. The lowest BCUT2D eigenvalue weighted by atomic mass is 10.2. The summed E-state index contributed by atoms with van der Waals surface area (Å²) < 4.78 is 0. The highest BCUT2D eigenvalue weighted by Crippen LogP contribution is 2.18. The van der Waals surface area contributed by atoms with E-state index in [-0.39, 0.29) is 6.03 Å². The zero-order chi connectivity index (χ0) is 15.2. The van der Waals surface area contributed by atoms with Gasteiger partial charge < -0.3 is 5.32 Å². The van der Waals surface area contributed by atoms with Crippen molar-refractivity contribution in [3.05, 3.63) is 72.3 Å². The lowest BCUT2D eigenvalue weighted by Crippen LogP contribution is -2.28. The van der Waals surface area contributed by atoms with E-state index in [1.165, 1.54) is 0 Å². The summed E-state index contributed by atoms with van der Waals surface area (Å²) in [6.07, 6.45) is 0. The van der Waals surface area contributed by atoms with Crippen LogP contribution in [0.25, 0.3) is 11.3 Å². The first-order valence-corrected chi connectivity index (χ1v) is 7.01. The molecule has 3 aromatic rings. The predicted octanol–water partition coefficient (Wildman–Crippen LogP) is 3.40. The minimum Gasteiger partial charge on any atom is -0.334 e. The molecule has 0 aliphatic heterocycles. The fraction of sp³-hybridized carbons (Fsp3) is 0.0588. The molecule has 0 saturated heterocycles. The molecule has 3 rings (SSSR count). The zero-order valence-electron chi connectivity index (χ0n) is 11.9. The van der Waals surface area contributed by atoms with Gasteiger partial charge in [-0.2, -0.15) is 5.10 Å². The van der Waals surface area contributed by atoms with Gasteiger partial charge in [0.15, 0.2) is 5.82 Å². The predicted molar refractivity (Wildman–Crippen MR) is 86.3 cm³/mol. The molecule has 2 aromatic carbocycles. The van der Waals surface area contributed by atoms with E-state index in [2.05, 4.69) is 20.8 Å². The largest absolute Gasteiger partial charge is 0.334 e. The lowest BCUT2D eigenvalue weighted by molar-refractivity contribution is 0.251. The maximum Gasteiger partial charge on any atom is 0.320 e. The van der Waals surface area contributed by atoms with Crippen molar-refractivity contribution in [2.75, 3.05) is 5.32 Å². The maximum atomic E-state index is 11.9. The van der Waals surface area contributed by atoms with Crippen LogP contribution in [-0.4, -0.2) is 16.2 Å². The number of benzene rings is 2.